The summed E-state index contributed by atoms with van der Waals surface area (Å²) in [5, 5.41) is 0.718. The zero-order valence-corrected chi connectivity index (χ0v) is 20.5. The molecule has 2 aliphatic heterocycles. The summed E-state index contributed by atoms with van der Waals surface area (Å²) in [4.78, 5) is 26.6. The smallest absolute Gasteiger partial charge is 0.419 e. The van der Waals surface area contributed by atoms with Crippen molar-refractivity contribution >= 4 is 23.6 Å². The van der Waals surface area contributed by atoms with Crippen molar-refractivity contribution < 1.29 is 22.7 Å². The molecule has 1 aromatic carbocycles. The van der Waals surface area contributed by atoms with Crippen molar-refractivity contribution in [2.45, 2.75) is 57.6 Å². The van der Waals surface area contributed by atoms with Crippen molar-refractivity contribution in [3.63, 3.8) is 0 Å². The van der Waals surface area contributed by atoms with Gasteiger partial charge in [-0.05, 0) is 44.4 Å². The number of ether oxygens (including phenoxy) is 1. The third kappa shape index (κ3) is 6.35. The number of benzene rings is 1. The lowest BCUT2D eigenvalue weighted by Crippen LogP contribution is -2.59. The van der Waals surface area contributed by atoms with Gasteiger partial charge in [-0.3, -0.25) is 9.80 Å². The third-order valence-electron chi connectivity index (χ3n) is 6.50. The molecule has 0 unspecified atom stereocenters. The predicted octanol–water partition coefficient (Wildman–Crippen LogP) is 4.85. The van der Waals surface area contributed by atoms with Gasteiger partial charge in [-0.25, -0.2) is 14.8 Å². The lowest BCUT2D eigenvalue weighted by atomic mass is 10.1. The van der Waals surface area contributed by atoms with E-state index in [1.54, 1.807) is 9.80 Å². The first-order chi connectivity index (χ1) is 16.6. The molecule has 2 aliphatic rings. The first-order valence-electron chi connectivity index (χ1n) is 11.7. The second-order valence-corrected chi connectivity index (χ2v) is 9.70. The zero-order valence-electron chi connectivity index (χ0n) is 19.7. The van der Waals surface area contributed by atoms with Crippen molar-refractivity contribution in [3.05, 3.63) is 52.8 Å². The highest BCUT2D eigenvalue weighted by Gasteiger charge is 2.37. The number of likely N-dealkylation sites (tertiary alicyclic amines) is 1. The molecule has 7 nitrogen and oxygen atoms in total. The molecule has 0 N–H and O–H groups in total. The Bertz CT molecular complexity index is 986. The number of hydrogen-bond donors (Lipinski definition) is 0. The molecule has 1 aromatic heterocycles. The highest BCUT2D eigenvalue weighted by Crippen LogP contribution is 2.29. The molecule has 2 saturated heterocycles. The Kier molecular flexibility index (Phi) is 7.70. The first-order valence-corrected chi connectivity index (χ1v) is 12.1. The van der Waals surface area contributed by atoms with Crippen LogP contribution in [0.25, 0.3) is 0 Å². The number of rotatable bonds is 4. The minimum absolute atomic E-state index is 0.139. The SMILES string of the molecule is C[C@@H]1CN(c2ncc(C(F)(F)F)cn2)C[C@H](C)N1C(=O)OC1CCN(Cc2ccc(Cl)cc2)CC1. The summed E-state index contributed by atoms with van der Waals surface area (Å²) >= 11 is 5.95. The summed E-state index contributed by atoms with van der Waals surface area (Å²) in [5.41, 5.74) is 0.311. The number of aromatic nitrogens is 2. The number of piperazine rings is 1. The molecule has 4 rings (SSSR count). The molecule has 0 aliphatic carbocycles. The maximum atomic E-state index is 13.0. The maximum absolute atomic E-state index is 13.0. The van der Waals surface area contributed by atoms with Crippen molar-refractivity contribution in [3.8, 4) is 0 Å². The van der Waals surface area contributed by atoms with Gasteiger partial charge in [-0.1, -0.05) is 23.7 Å². The second kappa shape index (κ2) is 10.6. The third-order valence-corrected chi connectivity index (χ3v) is 6.75. The van der Waals surface area contributed by atoms with Gasteiger partial charge in [0.25, 0.3) is 0 Å². The number of carbonyl (C=O) groups excluding carboxylic acids is 1. The molecule has 190 valence electrons. The van der Waals surface area contributed by atoms with E-state index in [0.29, 0.717) is 13.1 Å². The highest BCUT2D eigenvalue weighted by molar-refractivity contribution is 6.30. The van der Waals surface area contributed by atoms with Crippen LogP contribution in [-0.2, 0) is 17.5 Å². The number of alkyl halides is 3. The summed E-state index contributed by atoms with van der Waals surface area (Å²) in [6.07, 6.45) is -1.86. The van der Waals surface area contributed by atoms with Crippen molar-refractivity contribution in [1.82, 2.24) is 19.8 Å². The van der Waals surface area contributed by atoms with Crippen LogP contribution >= 0.6 is 11.6 Å². The summed E-state index contributed by atoms with van der Waals surface area (Å²) in [7, 11) is 0. The molecule has 11 heteroatoms. The molecule has 3 heterocycles. The number of amides is 1. The van der Waals surface area contributed by atoms with E-state index >= 15 is 0 Å². The van der Waals surface area contributed by atoms with Gasteiger partial charge in [0.05, 0.1) is 17.6 Å². The quantitative estimate of drug-likeness (QED) is 0.585. The zero-order chi connectivity index (χ0) is 25.2. The summed E-state index contributed by atoms with van der Waals surface area (Å²) in [6, 6.07) is 7.40. The van der Waals surface area contributed by atoms with E-state index in [2.05, 4.69) is 14.9 Å². The van der Waals surface area contributed by atoms with E-state index in [9.17, 15) is 18.0 Å². The number of halogens is 4. The summed E-state index contributed by atoms with van der Waals surface area (Å²) in [5.74, 6) is 0.220. The van der Waals surface area contributed by atoms with E-state index < -0.39 is 11.7 Å². The van der Waals surface area contributed by atoms with Crippen LogP contribution in [0.4, 0.5) is 23.9 Å². The van der Waals surface area contributed by atoms with Crippen molar-refractivity contribution in [1.29, 1.82) is 0 Å². The van der Waals surface area contributed by atoms with Crippen LogP contribution in [0.2, 0.25) is 5.02 Å². The molecular weight excluding hydrogens is 483 g/mol. The molecule has 0 radical (unpaired) electrons. The van der Waals surface area contributed by atoms with E-state index in [1.807, 2.05) is 38.1 Å². The monoisotopic (exact) mass is 511 g/mol. The average Bonchev–Trinajstić information content (AvgIpc) is 2.81. The molecule has 0 spiro atoms. The van der Waals surface area contributed by atoms with E-state index in [1.165, 1.54) is 5.56 Å². The Morgan fingerprint density at radius 3 is 2.17 bits per heavy atom. The van der Waals surface area contributed by atoms with Crippen LogP contribution in [0, 0.1) is 0 Å². The average molecular weight is 512 g/mol. The van der Waals surface area contributed by atoms with Crippen LogP contribution in [0.1, 0.15) is 37.8 Å². The number of anilines is 1. The minimum Gasteiger partial charge on any atom is -0.446 e. The summed E-state index contributed by atoms with van der Waals surface area (Å²) in [6.45, 7) is 7.11. The van der Waals surface area contributed by atoms with Crippen molar-refractivity contribution in [2.24, 2.45) is 0 Å². The van der Waals surface area contributed by atoms with Crippen LogP contribution in [-0.4, -0.2) is 70.2 Å². The molecular formula is C24H29ClF3N5O2. The predicted molar refractivity (Wildman–Crippen MR) is 126 cm³/mol. The molecule has 2 aromatic rings. The largest absolute Gasteiger partial charge is 0.446 e. The summed E-state index contributed by atoms with van der Waals surface area (Å²) < 4.78 is 44.2. The van der Waals surface area contributed by atoms with Gasteiger partial charge in [0.2, 0.25) is 5.95 Å². The van der Waals surface area contributed by atoms with E-state index in [-0.39, 0.29) is 30.2 Å². The Morgan fingerprint density at radius 1 is 1.06 bits per heavy atom. The Balaban J connectivity index is 1.27. The van der Waals surface area contributed by atoms with Gasteiger partial charge in [-0.15, -0.1) is 0 Å². The Labute approximate surface area is 207 Å². The van der Waals surface area contributed by atoms with Gasteiger partial charge in [0.15, 0.2) is 0 Å². The van der Waals surface area contributed by atoms with Crippen LogP contribution in [0.3, 0.4) is 0 Å². The maximum Gasteiger partial charge on any atom is 0.419 e. The number of hydrogen-bond acceptors (Lipinski definition) is 6. The lowest BCUT2D eigenvalue weighted by molar-refractivity contribution is -0.138. The molecule has 2 fully saturated rings. The molecule has 1 amide bonds. The normalized spacial score (nSPS) is 22.3. The van der Waals surface area contributed by atoms with E-state index in [4.69, 9.17) is 16.3 Å². The highest BCUT2D eigenvalue weighted by atomic mass is 35.5. The van der Waals surface area contributed by atoms with E-state index in [0.717, 1.165) is 49.9 Å². The van der Waals surface area contributed by atoms with Crippen LogP contribution in [0.15, 0.2) is 36.7 Å². The van der Waals surface area contributed by atoms with Gasteiger partial charge >= 0.3 is 12.3 Å². The standard InChI is InChI=1S/C24H29ClF3N5O2/c1-16-13-32(22-29-11-19(12-30-22)24(26,27)28)14-17(2)33(16)23(34)35-21-7-9-31(10-8-21)15-18-3-5-20(25)6-4-18/h3-6,11-12,16-17,21H,7-10,13-15H2,1-2H3/t16-,17+. The van der Waals surface area contributed by atoms with Gasteiger partial charge in [-0.2, -0.15) is 13.2 Å². The minimum atomic E-state index is -4.48. The second-order valence-electron chi connectivity index (χ2n) is 9.27. The fraction of sp³-hybridized carbons (Fsp3) is 0.542. The first kappa shape index (κ1) is 25.5. The van der Waals surface area contributed by atoms with Gasteiger partial charge in [0.1, 0.15) is 6.10 Å². The number of nitrogens with zero attached hydrogens (tertiary/aromatic N) is 5. The Morgan fingerprint density at radius 2 is 1.63 bits per heavy atom. The molecule has 2 atom stereocenters. The van der Waals surface area contributed by atoms with Crippen LogP contribution in [0.5, 0.6) is 0 Å². The lowest BCUT2D eigenvalue weighted by Gasteiger charge is -2.44. The molecule has 35 heavy (non-hydrogen) atoms. The van der Waals surface area contributed by atoms with Crippen LogP contribution < -0.4 is 4.90 Å². The van der Waals surface area contributed by atoms with Gasteiger partial charge < -0.3 is 9.64 Å². The Hall–Kier alpha value is -2.59. The number of carbonyl (C=O) groups is 1. The topological polar surface area (TPSA) is 61.8 Å². The molecule has 0 saturated carbocycles. The fourth-order valence-corrected chi connectivity index (χ4v) is 4.84. The van der Waals surface area contributed by atoms with Crippen molar-refractivity contribution in [2.75, 3.05) is 31.1 Å². The fourth-order valence-electron chi connectivity index (χ4n) is 4.71. The number of piperidine rings is 1. The van der Waals surface area contributed by atoms with Gasteiger partial charge in [0, 0.05) is 50.1 Å². The molecule has 0 bridgehead atoms.